The van der Waals surface area contributed by atoms with Crippen molar-refractivity contribution in [2.45, 2.75) is 38.2 Å². The number of ether oxygens (including phenoxy) is 2. The predicted octanol–water partition coefficient (Wildman–Crippen LogP) is 3.38. The number of nitriles is 1. The number of hydrogen-bond donors (Lipinski definition) is 0. The van der Waals surface area contributed by atoms with E-state index in [1.807, 2.05) is 0 Å². The van der Waals surface area contributed by atoms with Crippen molar-refractivity contribution >= 4 is 0 Å². The zero-order valence-corrected chi connectivity index (χ0v) is 14.0. The molecule has 2 fully saturated rings. The van der Waals surface area contributed by atoms with Gasteiger partial charge in [0.05, 0.1) is 11.5 Å². The van der Waals surface area contributed by atoms with Gasteiger partial charge in [-0.2, -0.15) is 5.26 Å². The largest absolute Gasteiger partial charge is 0.489 e. The minimum Gasteiger partial charge on any atom is -0.489 e. The Labute approximate surface area is 143 Å². The lowest BCUT2D eigenvalue weighted by molar-refractivity contribution is 0.0351. The summed E-state index contributed by atoms with van der Waals surface area (Å²) < 4.78 is 24.5. The van der Waals surface area contributed by atoms with Gasteiger partial charge in [0.2, 0.25) is 0 Å². The molecular formula is C19H25FN2O2. The molecule has 0 bridgehead atoms. The highest BCUT2D eigenvalue weighted by Gasteiger charge is 2.32. The molecule has 4 nitrogen and oxygen atoms in total. The molecule has 1 aromatic rings. The maximum Gasteiger partial charge on any atom is 0.126 e. The van der Waals surface area contributed by atoms with Gasteiger partial charge in [0.25, 0.3) is 0 Å². The Morgan fingerprint density at radius 1 is 1.38 bits per heavy atom. The highest BCUT2D eigenvalue weighted by atomic mass is 19.1. The second-order valence-corrected chi connectivity index (χ2v) is 6.89. The van der Waals surface area contributed by atoms with Crippen molar-refractivity contribution in [2.24, 2.45) is 5.41 Å². The van der Waals surface area contributed by atoms with Gasteiger partial charge in [-0.15, -0.1) is 0 Å². The second kappa shape index (κ2) is 7.96. The fraction of sp³-hybridized carbons (Fsp3) is 0.632. The smallest absolute Gasteiger partial charge is 0.126 e. The van der Waals surface area contributed by atoms with Crippen molar-refractivity contribution in [1.29, 1.82) is 5.26 Å². The van der Waals surface area contributed by atoms with Crippen LogP contribution in [0.3, 0.4) is 0 Å². The van der Waals surface area contributed by atoms with Gasteiger partial charge >= 0.3 is 0 Å². The summed E-state index contributed by atoms with van der Waals surface area (Å²) >= 11 is 0. The molecule has 3 rings (SSSR count). The number of rotatable bonds is 6. The molecule has 24 heavy (non-hydrogen) atoms. The van der Waals surface area contributed by atoms with E-state index in [-0.39, 0.29) is 17.3 Å². The first-order valence-electron chi connectivity index (χ1n) is 8.83. The summed E-state index contributed by atoms with van der Waals surface area (Å²) in [6, 6.07) is 8.86. The number of likely N-dealkylation sites (tertiary alicyclic amines) is 1. The molecular weight excluding hydrogens is 307 g/mol. The molecule has 0 spiro atoms. The molecule has 1 atom stereocenters. The third-order valence-corrected chi connectivity index (χ3v) is 5.14. The lowest BCUT2D eigenvalue weighted by Crippen LogP contribution is -2.30. The number of hydrogen-bond acceptors (Lipinski definition) is 4. The molecule has 5 heteroatoms. The minimum absolute atomic E-state index is 0.125. The van der Waals surface area contributed by atoms with Crippen LogP contribution in [-0.2, 0) is 4.74 Å². The van der Waals surface area contributed by atoms with Crippen molar-refractivity contribution < 1.29 is 13.9 Å². The number of benzene rings is 1. The third-order valence-electron chi connectivity index (χ3n) is 5.14. The molecule has 2 heterocycles. The standard InChI is InChI=1S/C19H25FN2O2/c20-16-3-1-4-17(13-16)24-18-5-10-22(14-18)9-2-6-19(15-21)7-11-23-12-8-19/h1,3-4,13,18H,2,5-12,14H2/t18-/m0/s1. The lowest BCUT2D eigenvalue weighted by Gasteiger charge is -2.31. The van der Waals surface area contributed by atoms with Gasteiger partial charge in [-0.05, 0) is 50.8 Å². The molecule has 130 valence electrons. The van der Waals surface area contributed by atoms with E-state index in [9.17, 15) is 9.65 Å². The monoisotopic (exact) mass is 332 g/mol. The first kappa shape index (κ1) is 17.2. The Kier molecular flexibility index (Phi) is 5.70. The van der Waals surface area contributed by atoms with Gasteiger partial charge in [-0.3, -0.25) is 4.90 Å². The first-order chi connectivity index (χ1) is 11.7. The summed E-state index contributed by atoms with van der Waals surface area (Å²) in [6.45, 7) is 4.29. The summed E-state index contributed by atoms with van der Waals surface area (Å²) in [6.07, 6.45) is 4.77. The molecule has 0 saturated carbocycles. The zero-order chi connectivity index (χ0) is 16.8. The van der Waals surface area contributed by atoms with Crippen LogP contribution in [0.15, 0.2) is 24.3 Å². The average Bonchev–Trinajstić information content (AvgIpc) is 3.03. The summed E-state index contributed by atoms with van der Waals surface area (Å²) in [5.74, 6) is 0.341. The van der Waals surface area contributed by atoms with E-state index in [2.05, 4.69) is 11.0 Å². The van der Waals surface area contributed by atoms with Crippen molar-refractivity contribution in [3.63, 3.8) is 0 Å². The van der Waals surface area contributed by atoms with Crippen molar-refractivity contribution in [3.05, 3.63) is 30.1 Å². The van der Waals surface area contributed by atoms with Gasteiger partial charge in [0.15, 0.2) is 0 Å². The van der Waals surface area contributed by atoms with Crippen LogP contribution >= 0.6 is 0 Å². The van der Waals surface area contributed by atoms with E-state index in [1.165, 1.54) is 12.1 Å². The summed E-state index contributed by atoms with van der Waals surface area (Å²) in [5.41, 5.74) is -0.185. The highest BCUT2D eigenvalue weighted by Crippen LogP contribution is 2.34. The molecule has 0 unspecified atom stereocenters. The van der Waals surface area contributed by atoms with E-state index < -0.39 is 0 Å². The average molecular weight is 332 g/mol. The summed E-state index contributed by atoms with van der Waals surface area (Å²) in [5, 5.41) is 9.49. The predicted molar refractivity (Wildman–Crippen MR) is 89.2 cm³/mol. The Morgan fingerprint density at radius 3 is 2.96 bits per heavy atom. The molecule has 0 N–H and O–H groups in total. The fourth-order valence-corrected chi connectivity index (χ4v) is 3.65. The van der Waals surface area contributed by atoms with Crippen molar-refractivity contribution in [2.75, 3.05) is 32.8 Å². The van der Waals surface area contributed by atoms with Crippen LogP contribution in [0.25, 0.3) is 0 Å². The second-order valence-electron chi connectivity index (χ2n) is 6.89. The van der Waals surface area contributed by atoms with Crippen LogP contribution < -0.4 is 4.74 Å². The van der Waals surface area contributed by atoms with Gasteiger partial charge < -0.3 is 9.47 Å². The lowest BCUT2D eigenvalue weighted by atomic mass is 9.78. The zero-order valence-electron chi connectivity index (χ0n) is 14.0. The highest BCUT2D eigenvalue weighted by molar-refractivity contribution is 5.22. The third kappa shape index (κ3) is 4.46. The molecule has 0 amide bonds. The van der Waals surface area contributed by atoms with Crippen LogP contribution in [-0.4, -0.2) is 43.9 Å². The molecule has 0 aliphatic carbocycles. The number of halogens is 1. The first-order valence-corrected chi connectivity index (χ1v) is 8.83. The Morgan fingerprint density at radius 2 is 2.21 bits per heavy atom. The van der Waals surface area contributed by atoms with Crippen molar-refractivity contribution in [1.82, 2.24) is 4.90 Å². The van der Waals surface area contributed by atoms with Gasteiger partial charge in [0.1, 0.15) is 17.7 Å². The molecule has 2 aliphatic heterocycles. The summed E-state index contributed by atoms with van der Waals surface area (Å²) in [4.78, 5) is 2.38. The van der Waals surface area contributed by atoms with E-state index in [4.69, 9.17) is 9.47 Å². The Hall–Kier alpha value is -1.64. The van der Waals surface area contributed by atoms with Crippen LogP contribution in [0.5, 0.6) is 5.75 Å². The van der Waals surface area contributed by atoms with Crippen LogP contribution in [0.1, 0.15) is 32.1 Å². The Balaban J connectivity index is 1.41. The van der Waals surface area contributed by atoms with E-state index in [0.29, 0.717) is 19.0 Å². The molecule has 1 aromatic carbocycles. The molecule has 0 aromatic heterocycles. The van der Waals surface area contributed by atoms with Crippen LogP contribution in [0, 0.1) is 22.6 Å². The van der Waals surface area contributed by atoms with Crippen LogP contribution in [0.2, 0.25) is 0 Å². The van der Waals surface area contributed by atoms with E-state index in [1.54, 1.807) is 12.1 Å². The maximum absolute atomic E-state index is 13.2. The Bertz CT molecular complexity index is 581. The van der Waals surface area contributed by atoms with Gasteiger partial charge in [-0.1, -0.05) is 6.07 Å². The molecule has 2 aliphatic rings. The van der Waals surface area contributed by atoms with E-state index >= 15 is 0 Å². The quantitative estimate of drug-likeness (QED) is 0.801. The van der Waals surface area contributed by atoms with Gasteiger partial charge in [-0.25, -0.2) is 4.39 Å². The summed E-state index contributed by atoms with van der Waals surface area (Å²) in [7, 11) is 0. The topological polar surface area (TPSA) is 45.5 Å². The normalized spacial score (nSPS) is 23.8. The number of nitrogens with zero attached hydrogens (tertiary/aromatic N) is 2. The van der Waals surface area contributed by atoms with Crippen molar-refractivity contribution in [3.8, 4) is 11.8 Å². The maximum atomic E-state index is 13.2. The molecule has 0 radical (unpaired) electrons. The molecule has 2 saturated heterocycles. The van der Waals surface area contributed by atoms with Gasteiger partial charge in [0, 0.05) is 32.4 Å². The minimum atomic E-state index is -0.263. The van der Waals surface area contributed by atoms with Crippen LogP contribution in [0.4, 0.5) is 4.39 Å². The fourth-order valence-electron chi connectivity index (χ4n) is 3.65. The SMILES string of the molecule is N#CC1(CCCN2CC[C@H](Oc3cccc(F)c3)C2)CCOCC1. The van der Waals surface area contributed by atoms with E-state index in [0.717, 1.165) is 51.7 Å².